The van der Waals surface area contributed by atoms with Crippen molar-refractivity contribution in [2.24, 2.45) is 11.3 Å². The summed E-state index contributed by atoms with van der Waals surface area (Å²) >= 11 is 0. The van der Waals surface area contributed by atoms with E-state index in [9.17, 15) is 4.79 Å². The number of hydrogen-bond acceptors (Lipinski definition) is 1. The van der Waals surface area contributed by atoms with E-state index >= 15 is 0 Å². The van der Waals surface area contributed by atoms with E-state index in [4.69, 9.17) is 5.11 Å². The standard InChI is InChI=1S/C9H18O2/c1-7(8(10)11)5-6-9(2,3)4/h7H,5-6H2,1-4H3,(H,10,11)/t7-/m0/s1. The Hall–Kier alpha value is -0.530. The lowest BCUT2D eigenvalue weighted by Gasteiger charge is -2.18. The fourth-order valence-electron chi connectivity index (χ4n) is 0.773. The SMILES string of the molecule is C[C@@H](CCC(C)(C)C)C(=O)O. The van der Waals surface area contributed by atoms with Crippen LogP contribution in [0.4, 0.5) is 0 Å². The summed E-state index contributed by atoms with van der Waals surface area (Å²) in [7, 11) is 0. The zero-order valence-electron chi connectivity index (χ0n) is 7.85. The molecule has 0 unspecified atom stereocenters. The van der Waals surface area contributed by atoms with Crippen LogP contribution in [-0.2, 0) is 4.79 Å². The molecular weight excluding hydrogens is 140 g/mol. The average Bonchev–Trinajstić information content (AvgIpc) is 1.80. The second-order valence-electron chi connectivity index (χ2n) is 4.34. The number of hydrogen-bond donors (Lipinski definition) is 1. The smallest absolute Gasteiger partial charge is 0.306 e. The Balaban J connectivity index is 3.63. The van der Waals surface area contributed by atoms with Crippen molar-refractivity contribution in [2.45, 2.75) is 40.5 Å². The lowest BCUT2D eigenvalue weighted by Crippen LogP contribution is -2.13. The third-order valence-corrected chi connectivity index (χ3v) is 1.75. The minimum atomic E-state index is -0.686. The molecule has 0 heterocycles. The third-order valence-electron chi connectivity index (χ3n) is 1.75. The molecule has 0 bridgehead atoms. The highest BCUT2D eigenvalue weighted by atomic mass is 16.4. The minimum Gasteiger partial charge on any atom is -0.481 e. The van der Waals surface area contributed by atoms with Gasteiger partial charge >= 0.3 is 5.97 Å². The maximum absolute atomic E-state index is 10.4. The Kier molecular flexibility index (Phi) is 3.56. The highest BCUT2D eigenvalue weighted by Crippen LogP contribution is 2.23. The van der Waals surface area contributed by atoms with Gasteiger partial charge in [-0.1, -0.05) is 27.7 Å². The zero-order chi connectivity index (χ0) is 9.07. The maximum Gasteiger partial charge on any atom is 0.306 e. The van der Waals surface area contributed by atoms with Gasteiger partial charge in [-0.3, -0.25) is 4.79 Å². The van der Waals surface area contributed by atoms with Crippen molar-refractivity contribution < 1.29 is 9.90 Å². The fraction of sp³-hybridized carbons (Fsp3) is 0.889. The Morgan fingerprint density at radius 3 is 2.18 bits per heavy atom. The Bertz CT molecular complexity index is 133. The molecule has 1 atom stereocenters. The number of carbonyl (C=O) groups is 1. The van der Waals surface area contributed by atoms with Crippen LogP contribution in [-0.4, -0.2) is 11.1 Å². The lowest BCUT2D eigenvalue weighted by atomic mass is 9.87. The van der Waals surface area contributed by atoms with E-state index in [2.05, 4.69) is 20.8 Å². The molecule has 0 fully saturated rings. The van der Waals surface area contributed by atoms with Crippen molar-refractivity contribution in [2.75, 3.05) is 0 Å². The molecule has 2 nitrogen and oxygen atoms in total. The van der Waals surface area contributed by atoms with Gasteiger partial charge in [-0.05, 0) is 18.3 Å². The molecule has 0 aromatic carbocycles. The minimum absolute atomic E-state index is 0.200. The third kappa shape index (κ3) is 5.89. The summed E-state index contributed by atoms with van der Waals surface area (Å²) < 4.78 is 0. The van der Waals surface area contributed by atoms with Crippen LogP contribution >= 0.6 is 0 Å². The quantitative estimate of drug-likeness (QED) is 0.685. The van der Waals surface area contributed by atoms with E-state index in [-0.39, 0.29) is 11.3 Å². The topological polar surface area (TPSA) is 37.3 Å². The van der Waals surface area contributed by atoms with E-state index in [0.717, 1.165) is 12.8 Å². The van der Waals surface area contributed by atoms with Crippen LogP contribution in [0.1, 0.15) is 40.5 Å². The molecular formula is C9H18O2. The number of carboxylic acid groups (broad SMARTS) is 1. The van der Waals surface area contributed by atoms with Crippen molar-refractivity contribution >= 4 is 5.97 Å². The summed E-state index contributed by atoms with van der Waals surface area (Å²) in [4.78, 5) is 10.4. The van der Waals surface area contributed by atoms with Crippen molar-refractivity contribution in [3.63, 3.8) is 0 Å². The van der Waals surface area contributed by atoms with Gasteiger partial charge in [0.1, 0.15) is 0 Å². The molecule has 11 heavy (non-hydrogen) atoms. The molecule has 0 rings (SSSR count). The van der Waals surface area contributed by atoms with Crippen molar-refractivity contribution in [1.82, 2.24) is 0 Å². The first-order valence-corrected chi connectivity index (χ1v) is 4.06. The van der Waals surface area contributed by atoms with E-state index in [0.29, 0.717) is 0 Å². The van der Waals surface area contributed by atoms with Gasteiger partial charge in [-0.25, -0.2) is 0 Å². The van der Waals surface area contributed by atoms with Gasteiger partial charge in [0.2, 0.25) is 0 Å². The highest BCUT2D eigenvalue weighted by Gasteiger charge is 2.16. The molecule has 0 saturated carbocycles. The first-order chi connectivity index (χ1) is 4.83. The summed E-state index contributed by atoms with van der Waals surface area (Å²) in [6.45, 7) is 8.14. The van der Waals surface area contributed by atoms with Crippen LogP contribution in [0.2, 0.25) is 0 Å². The van der Waals surface area contributed by atoms with Gasteiger partial charge in [-0.15, -0.1) is 0 Å². The molecule has 0 saturated heterocycles. The van der Waals surface area contributed by atoms with E-state index in [1.165, 1.54) is 0 Å². The second-order valence-corrected chi connectivity index (χ2v) is 4.34. The fourth-order valence-corrected chi connectivity index (χ4v) is 0.773. The largest absolute Gasteiger partial charge is 0.481 e. The monoisotopic (exact) mass is 158 g/mol. The first kappa shape index (κ1) is 10.5. The maximum atomic E-state index is 10.4. The van der Waals surface area contributed by atoms with Crippen LogP contribution in [0, 0.1) is 11.3 Å². The molecule has 0 amide bonds. The Morgan fingerprint density at radius 2 is 1.91 bits per heavy atom. The molecule has 1 N–H and O–H groups in total. The summed E-state index contributed by atoms with van der Waals surface area (Å²) in [6.07, 6.45) is 1.75. The van der Waals surface area contributed by atoms with Gasteiger partial charge in [0.25, 0.3) is 0 Å². The predicted molar refractivity (Wildman–Crippen MR) is 45.5 cm³/mol. The summed E-state index contributed by atoms with van der Waals surface area (Å²) in [5.74, 6) is -0.886. The number of rotatable bonds is 3. The molecule has 0 aliphatic carbocycles. The zero-order valence-corrected chi connectivity index (χ0v) is 7.85. The summed E-state index contributed by atoms with van der Waals surface area (Å²) in [6, 6.07) is 0. The molecule has 0 spiro atoms. The van der Waals surface area contributed by atoms with E-state index in [1.54, 1.807) is 6.92 Å². The van der Waals surface area contributed by atoms with E-state index < -0.39 is 5.97 Å². The molecule has 0 aromatic rings. The van der Waals surface area contributed by atoms with Crippen LogP contribution in [0.15, 0.2) is 0 Å². The summed E-state index contributed by atoms with van der Waals surface area (Å²) in [5, 5.41) is 8.58. The Labute approximate surface area is 68.6 Å². The van der Waals surface area contributed by atoms with Crippen LogP contribution in [0.3, 0.4) is 0 Å². The molecule has 66 valence electrons. The van der Waals surface area contributed by atoms with Gasteiger partial charge in [-0.2, -0.15) is 0 Å². The molecule has 0 aliphatic heterocycles. The van der Waals surface area contributed by atoms with Crippen LogP contribution in [0.25, 0.3) is 0 Å². The van der Waals surface area contributed by atoms with Crippen molar-refractivity contribution in [3.8, 4) is 0 Å². The second kappa shape index (κ2) is 3.74. The number of aliphatic carboxylic acids is 1. The normalized spacial score (nSPS) is 14.5. The predicted octanol–water partition coefficient (Wildman–Crippen LogP) is 2.53. The van der Waals surface area contributed by atoms with Gasteiger partial charge in [0.15, 0.2) is 0 Å². The number of carboxylic acids is 1. The van der Waals surface area contributed by atoms with E-state index in [1.807, 2.05) is 0 Å². The highest BCUT2D eigenvalue weighted by molar-refractivity contribution is 5.69. The Morgan fingerprint density at radius 1 is 1.45 bits per heavy atom. The van der Waals surface area contributed by atoms with Gasteiger partial charge in [0, 0.05) is 0 Å². The molecule has 0 radical (unpaired) electrons. The molecule has 2 heteroatoms. The lowest BCUT2D eigenvalue weighted by molar-refractivity contribution is -0.141. The van der Waals surface area contributed by atoms with Gasteiger partial charge < -0.3 is 5.11 Å². The van der Waals surface area contributed by atoms with Crippen molar-refractivity contribution in [1.29, 1.82) is 0 Å². The van der Waals surface area contributed by atoms with Crippen LogP contribution < -0.4 is 0 Å². The average molecular weight is 158 g/mol. The van der Waals surface area contributed by atoms with Crippen LogP contribution in [0.5, 0.6) is 0 Å². The molecule has 0 aliphatic rings. The van der Waals surface area contributed by atoms with Gasteiger partial charge in [0.05, 0.1) is 5.92 Å². The summed E-state index contributed by atoms with van der Waals surface area (Å²) in [5.41, 5.74) is 0.254. The molecule has 0 aromatic heterocycles. The van der Waals surface area contributed by atoms with Crippen molar-refractivity contribution in [3.05, 3.63) is 0 Å². The first-order valence-electron chi connectivity index (χ1n) is 4.06.